The minimum atomic E-state index is -2.61. The number of aromatic nitrogens is 3. The normalized spacial score (nSPS) is 14.2. The van der Waals surface area contributed by atoms with Crippen LogP contribution in [-0.2, 0) is 20.1 Å². The molecule has 11 aromatic rings. The summed E-state index contributed by atoms with van der Waals surface area (Å²) >= 11 is 0. The van der Waals surface area contributed by atoms with Crippen LogP contribution in [0.3, 0.4) is 0 Å². The first kappa shape index (κ1) is 32.7. The molecule has 4 heterocycles. The zero-order valence-corrected chi connectivity index (χ0v) is 37.9. The molecule has 11 rings (SSSR count). The van der Waals surface area contributed by atoms with E-state index in [1.807, 2.05) is 24.3 Å². The number of aryl methyl sites for hydroxylation is 3. The maximum Gasteiger partial charge on any atom is 0.136 e. The van der Waals surface area contributed by atoms with E-state index in [1.165, 1.54) is 46.5 Å². The van der Waals surface area contributed by atoms with Gasteiger partial charge < -0.3 is 13.8 Å². The molecule has 64 heavy (non-hydrogen) atoms. The number of rotatable bonds is 5. The Morgan fingerprint density at radius 2 is 1.44 bits per heavy atom. The van der Waals surface area contributed by atoms with Crippen LogP contribution in [0.2, 0.25) is 0 Å². The molecule has 4 aromatic heterocycles. The maximum absolute atomic E-state index is 10.6. The predicted octanol–water partition coefficient (Wildman–Crippen LogP) is 15.4. The van der Waals surface area contributed by atoms with Gasteiger partial charge in [0.1, 0.15) is 11.2 Å². The number of furan rings is 1. The van der Waals surface area contributed by atoms with E-state index < -0.39 is 20.6 Å². The van der Waals surface area contributed by atoms with Gasteiger partial charge in [-0.3, -0.25) is 4.98 Å². The molecule has 315 valence electrons. The van der Waals surface area contributed by atoms with Crippen LogP contribution in [0.15, 0.2) is 144 Å². The molecule has 1 radical (unpaired) electrons. The smallest absolute Gasteiger partial charge is 0.136 e. The van der Waals surface area contributed by atoms with Gasteiger partial charge in [-0.05, 0) is 106 Å². The van der Waals surface area contributed by atoms with Gasteiger partial charge in [0.25, 0.3) is 0 Å². The van der Waals surface area contributed by atoms with Crippen molar-refractivity contribution in [2.24, 2.45) is 0 Å². The van der Waals surface area contributed by atoms with E-state index in [4.69, 9.17) is 21.7 Å². The number of hydrogen-bond acceptors (Lipinski definition) is 4. The molecule has 0 atom stereocenters. The first-order valence-electron chi connectivity index (χ1n) is 25.4. The van der Waals surface area contributed by atoms with E-state index in [0.29, 0.717) is 16.7 Å². The van der Waals surface area contributed by atoms with Crippen LogP contribution >= 0.6 is 0 Å². The molecule has 0 amide bonds. The monoisotopic (exact) mass is 1020 g/mol. The molecule has 5 nitrogen and oxygen atoms in total. The summed E-state index contributed by atoms with van der Waals surface area (Å²) in [6.07, 6.45) is 1.02. The van der Waals surface area contributed by atoms with Gasteiger partial charge >= 0.3 is 0 Å². The van der Waals surface area contributed by atoms with Crippen molar-refractivity contribution in [3.05, 3.63) is 185 Å². The number of hydrogen-bond donors (Lipinski definition) is 0. The maximum atomic E-state index is 10.6. The molecule has 0 spiro atoms. The van der Waals surface area contributed by atoms with E-state index in [9.17, 15) is 5.26 Å². The molecule has 0 bridgehead atoms. The van der Waals surface area contributed by atoms with Crippen LogP contribution in [0.5, 0.6) is 0 Å². The van der Waals surface area contributed by atoms with Crippen molar-refractivity contribution in [1.29, 1.82) is 5.26 Å². The zero-order chi connectivity index (χ0) is 51.0. The SMILES string of the molecule is CC(C)c1cc(-c2ccccc2)cc(C(C)C)c1-c1cc2c(cc1C#N)oc1cc3c4ccc[c-]c4c4nc5ccccc5n4c3cc12.[2H]C([2H])([2H])c1c[c-]c(-c2cc(C([2H])([2H])[2H])c(C([2H])([2H])[2H])cn2)cc1.[Ir]. The molecule has 7 aromatic carbocycles. The van der Waals surface area contributed by atoms with Crippen molar-refractivity contribution in [2.45, 2.75) is 60.1 Å². The third-order valence-electron chi connectivity index (χ3n) is 11.8. The van der Waals surface area contributed by atoms with E-state index in [1.54, 1.807) is 0 Å². The summed E-state index contributed by atoms with van der Waals surface area (Å²) in [6, 6.07) is 52.1. The number of nitriles is 1. The minimum absolute atomic E-state index is 0. The molecule has 6 heteroatoms. The second-order valence-corrected chi connectivity index (χ2v) is 16.5. The van der Waals surface area contributed by atoms with Gasteiger partial charge in [0.2, 0.25) is 0 Å². The van der Waals surface area contributed by atoms with Crippen molar-refractivity contribution in [2.75, 3.05) is 0 Å². The van der Waals surface area contributed by atoms with Crippen molar-refractivity contribution in [3.8, 4) is 39.6 Å². The van der Waals surface area contributed by atoms with Crippen molar-refractivity contribution in [3.63, 3.8) is 0 Å². The van der Waals surface area contributed by atoms with E-state index in [2.05, 4.69) is 140 Å². The quantitative estimate of drug-likeness (QED) is 0.127. The Morgan fingerprint density at radius 1 is 0.688 bits per heavy atom. The largest absolute Gasteiger partial charge is 0.456 e. The van der Waals surface area contributed by atoms with Gasteiger partial charge in [0.05, 0.1) is 28.3 Å². The van der Waals surface area contributed by atoms with Gasteiger partial charge in [-0.2, -0.15) is 5.26 Å². The third-order valence-corrected chi connectivity index (χ3v) is 11.8. The van der Waals surface area contributed by atoms with E-state index in [0.717, 1.165) is 72.0 Å². The minimum Gasteiger partial charge on any atom is -0.456 e. The first-order valence-corrected chi connectivity index (χ1v) is 20.9. The van der Waals surface area contributed by atoms with E-state index in [-0.39, 0.29) is 54.3 Å². The molecule has 0 saturated carbocycles. The fourth-order valence-corrected chi connectivity index (χ4v) is 8.73. The molecular formula is C58H46IrN4O-2. The van der Waals surface area contributed by atoms with Gasteiger partial charge in [-0.15, -0.1) is 65.0 Å². The zero-order valence-electron chi connectivity index (χ0n) is 44.5. The summed E-state index contributed by atoms with van der Waals surface area (Å²) in [4.78, 5) is 9.05. The van der Waals surface area contributed by atoms with Crippen LogP contribution < -0.4 is 0 Å². The number of fused-ring (bicyclic) bond motifs is 11. The van der Waals surface area contributed by atoms with Gasteiger partial charge in [0, 0.05) is 60.5 Å². The molecule has 0 N–H and O–H groups in total. The van der Waals surface area contributed by atoms with Crippen molar-refractivity contribution >= 4 is 60.3 Å². The number of benzene rings is 7. The van der Waals surface area contributed by atoms with Crippen molar-refractivity contribution in [1.82, 2.24) is 14.4 Å². The Labute approximate surface area is 400 Å². The number of nitrogens with zero attached hydrogens (tertiary/aromatic N) is 4. The second kappa shape index (κ2) is 17.0. The molecule has 0 aliphatic carbocycles. The van der Waals surface area contributed by atoms with Crippen molar-refractivity contribution < 1.29 is 36.9 Å². The summed E-state index contributed by atoms with van der Waals surface area (Å²) in [6.45, 7) is 1.49. The Bertz CT molecular complexity index is 3930. The molecule has 0 aliphatic heterocycles. The van der Waals surface area contributed by atoms with Crippen LogP contribution in [0.25, 0.3) is 93.8 Å². The number of para-hydroxylation sites is 2. The fraction of sp³-hybridized carbons (Fsp3) is 0.155. The second-order valence-electron chi connectivity index (χ2n) is 16.5. The predicted molar refractivity (Wildman–Crippen MR) is 260 cm³/mol. The first-order chi connectivity index (χ1) is 34.2. The fourth-order valence-electron chi connectivity index (χ4n) is 8.73. The van der Waals surface area contributed by atoms with E-state index >= 15 is 0 Å². The standard InChI is InChI=1S/C44H32N3O.C14H14N.Ir/c1-25(2)32-18-28(27-12-6-5-7-13-27)19-33(26(3)4)43(32)34-21-36-37-22-40-35(23-42(37)48-41(36)20-29(34)24-45)30-14-8-9-15-31(30)44-46-38-16-10-11-17-39(38)47(40)44;1-10-4-6-13(7-5-10)14-8-11(2)12(3)9-15-14;/h5-14,16-23,25-26H,1-4H3;4-6,8-9H,1-3H3;/q2*-1;/i;1D3,2D3,3D3;. The average molecular weight is 1020 g/mol. The third kappa shape index (κ3) is 7.35. The van der Waals surface area contributed by atoms with Gasteiger partial charge in [-0.25, -0.2) is 0 Å². The van der Waals surface area contributed by atoms with Crippen LogP contribution in [0, 0.1) is 44.0 Å². The summed E-state index contributed by atoms with van der Waals surface area (Å²) in [7, 11) is 0. The molecule has 0 unspecified atom stereocenters. The molecular weight excluding hydrogens is 961 g/mol. The van der Waals surface area contributed by atoms with Crippen LogP contribution in [0.4, 0.5) is 0 Å². The summed E-state index contributed by atoms with van der Waals surface area (Å²) < 4.78 is 75.7. The topological polar surface area (TPSA) is 67.1 Å². The van der Waals surface area contributed by atoms with Crippen LogP contribution in [-0.4, -0.2) is 14.4 Å². The summed E-state index contributed by atoms with van der Waals surface area (Å²) in [5, 5.41) is 15.7. The molecule has 0 aliphatic rings. The van der Waals surface area contributed by atoms with Gasteiger partial charge in [-0.1, -0.05) is 106 Å². The molecule has 0 fully saturated rings. The summed E-state index contributed by atoms with van der Waals surface area (Å²) in [5.74, 6) is 0.502. The Morgan fingerprint density at radius 3 is 2.16 bits per heavy atom. The Kier molecular flexibility index (Phi) is 8.69. The Hall–Kier alpha value is -6.90. The number of imidazole rings is 1. The Balaban J connectivity index is 0.000000223. The average Bonchev–Trinajstić information content (AvgIpc) is 3.92. The number of pyridine rings is 2. The van der Waals surface area contributed by atoms with Gasteiger partial charge in [0.15, 0.2) is 0 Å². The molecule has 0 saturated heterocycles. The summed E-state index contributed by atoms with van der Waals surface area (Å²) in [5.41, 5.74) is 13.1. The van der Waals surface area contributed by atoms with Crippen LogP contribution in [0.1, 0.15) is 85.2 Å².